The van der Waals surface area contributed by atoms with Crippen LogP contribution in [0.25, 0.3) is 0 Å². The van der Waals surface area contributed by atoms with Gasteiger partial charge in [0.15, 0.2) is 0 Å². The standard InChI is InChI=1S/C13H15BrN2O2/c1-7-4-8(2)12(10(14)5-7)16-9(3)13(18)15-6-11(16)17/h4-5,9H,6H2,1-3H3,(H,15,18). The number of carbonyl (C=O) groups excluding carboxylic acids is 2. The molecule has 0 aliphatic carbocycles. The third-order valence-electron chi connectivity index (χ3n) is 3.09. The van der Waals surface area contributed by atoms with Gasteiger partial charge in [0.05, 0.1) is 12.2 Å². The van der Waals surface area contributed by atoms with E-state index < -0.39 is 6.04 Å². The molecular formula is C13H15BrN2O2. The van der Waals surface area contributed by atoms with Crippen LogP contribution in [0.4, 0.5) is 5.69 Å². The molecule has 1 heterocycles. The monoisotopic (exact) mass is 310 g/mol. The van der Waals surface area contributed by atoms with Gasteiger partial charge < -0.3 is 5.32 Å². The second-order valence-electron chi connectivity index (χ2n) is 4.57. The normalized spacial score (nSPS) is 20.0. The first kappa shape index (κ1) is 13.1. The molecule has 1 aromatic rings. The maximum atomic E-state index is 12.0. The van der Waals surface area contributed by atoms with Crippen molar-refractivity contribution in [1.29, 1.82) is 0 Å². The summed E-state index contributed by atoms with van der Waals surface area (Å²) in [6.07, 6.45) is 0. The Bertz CT molecular complexity index is 505. The lowest BCUT2D eigenvalue weighted by Gasteiger charge is -2.34. The summed E-state index contributed by atoms with van der Waals surface area (Å²) in [7, 11) is 0. The van der Waals surface area contributed by atoms with Gasteiger partial charge in [-0.3, -0.25) is 14.5 Å². The second-order valence-corrected chi connectivity index (χ2v) is 5.42. The first-order valence-corrected chi connectivity index (χ1v) is 6.57. The fraction of sp³-hybridized carbons (Fsp3) is 0.385. The average Bonchev–Trinajstić information content (AvgIpc) is 2.27. The Morgan fingerprint density at radius 3 is 2.61 bits per heavy atom. The van der Waals surface area contributed by atoms with Gasteiger partial charge in [0.2, 0.25) is 11.8 Å². The van der Waals surface area contributed by atoms with Crippen molar-refractivity contribution in [2.45, 2.75) is 26.8 Å². The van der Waals surface area contributed by atoms with E-state index in [9.17, 15) is 9.59 Å². The lowest BCUT2D eigenvalue weighted by atomic mass is 10.1. The Morgan fingerprint density at radius 2 is 2.00 bits per heavy atom. The number of piperazine rings is 1. The first-order valence-electron chi connectivity index (χ1n) is 5.78. The van der Waals surface area contributed by atoms with Gasteiger partial charge in [-0.15, -0.1) is 0 Å². The number of anilines is 1. The quantitative estimate of drug-likeness (QED) is 0.861. The smallest absolute Gasteiger partial charge is 0.247 e. The van der Waals surface area contributed by atoms with E-state index in [-0.39, 0.29) is 18.4 Å². The van der Waals surface area contributed by atoms with Crippen LogP contribution >= 0.6 is 15.9 Å². The molecule has 2 amide bonds. The van der Waals surface area contributed by atoms with Gasteiger partial charge in [0.25, 0.3) is 0 Å². The van der Waals surface area contributed by atoms with Crippen molar-refractivity contribution >= 4 is 33.4 Å². The molecule has 0 radical (unpaired) electrons. The number of carbonyl (C=O) groups is 2. The van der Waals surface area contributed by atoms with E-state index >= 15 is 0 Å². The summed E-state index contributed by atoms with van der Waals surface area (Å²) in [6.45, 7) is 5.73. The minimum Gasteiger partial charge on any atom is -0.345 e. The fourth-order valence-electron chi connectivity index (χ4n) is 2.26. The number of hydrogen-bond acceptors (Lipinski definition) is 2. The number of halogens is 1. The molecule has 1 aromatic carbocycles. The minimum absolute atomic E-state index is 0.0585. The predicted molar refractivity (Wildman–Crippen MR) is 73.6 cm³/mol. The predicted octanol–water partition coefficient (Wildman–Crippen LogP) is 1.92. The molecule has 0 aromatic heterocycles. The number of nitrogens with one attached hydrogen (secondary N) is 1. The number of nitrogens with zero attached hydrogens (tertiary/aromatic N) is 1. The Morgan fingerprint density at radius 1 is 1.33 bits per heavy atom. The summed E-state index contributed by atoms with van der Waals surface area (Å²) >= 11 is 3.48. The molecule has 1 unspecified atom stereocenters. The highest BCUT2D eigenvalue weighted by Gasteiger charge is 2.33. The van der Waals surface area contributed by atoms with Crippen LogP contribution in [-0.2, 0) is 9.59 Å². The molecule has 1 N–H and O–H groups in total. The van der Waals surface area contributed by atoms with Crippen molar-refractivity contribution in [2.24, 2.45) is 0 Å². The highest BCUT2D eigenvalue weighted by Crippen LogP contribution is 2.33. The molecule has 0 bridgehead atoms. The Hall–Kier alpha value is -1.36. The Labute approximate surface area is 114 Å². The molecule has 1 fully saturated rings. The van der Waals surface area contributed by atoms with Gasteiger partial charge in [-0.05, 0) is 53.9 Å². The van der Waals surface area contributed by atoms with Gasteiger partial charge in [-0.25, -0.2) is 0 Å². The lowest BCUT2D eigenvalue weighted by Crippen LogP contribution is -2.57. The van der Waals surface area contributed by atoms with Crippen LogP contribution in [0.5, 0.6) is 0 Å². The summed E-state index contributed by atoms with van der Waals surface area (Å²) in [5.41, 5.74) is 2.88. The molecule has 1 aliphatic rings. The van der Waals surface area contributed by atoms with Crippen LogP contribution in [0.15, 0.2) is 16.6 Å². The van der Waals surface area contributed by atoms with Gasteiger partial charge in [0, 0.05) is 4.47 Å². The van der Waals surface area contributed by atoms with Crippen LogP contribution in [0.3, 0.4) is 0 Å². The van der Waals surface area contributed by atoms with Crippen LogP contribution in [0, 0.1) is 13.8 Å². The maximum absolute atomic E-state index is 12.0. The number of aryl methyl sites for hydroxylation is 2. The highest BCUT2D eigenvalue weighted by molar-refractivity contribution is 9.10. The zero-order valence-corrected chi connectivity index (χ0v) is 12.2. The van der Waals surface area contributed by atoms with E-state index in [4.69, 9.17) is 0 Å². The fourth-order valence-corrected chi connectivity index (χ4v) is 3.13. The van der Waals surface area contributed by atoms with Gasteiger partial charge in [0.1, 0.15) is 6.04 Å². The van der Waals surface area contributed by atoms with Crippen molar-refractivity contribution < 1.29 is 9.59 Å². The molecule has 4 nitrogen and oxygen atoms in total. The number of hydrogen-bond donors (Lipinski definition) is 1. The van der Waals surface area contributed by atoms with Crippen LogP contribution in [0.2, 0.25) is 0 Å². The molecule has 2 rings (SSSR count). The molecule has 5 heteroatoms. The van der Waals surface area contributed by atoms with Gasteiger partial charge in [-0.1, -0.05) is 6.07 Å². The zero-order chi connectivity index (χ0) is 13.4. The largest absolute Gasteiger partial charge is 0.345 e. The third kappa shape index (κ3) is 2.14. The number of benzene rings is 1. The molecule has 0 spiro atoms. The topological polar surface area (TPSA) is 49.4 Å². The summed E-state index contributed by atoms with van der Waals surface area (Å²) in [5, 5.41) is 2.59. The maximum Gasteiger partial charge on any atom is 0.247 e. The third-order valence-corrected chi connectivity index (χ3v) is 3.69. The zero-order valence-electron chi connectivity index (χ0n) is 10.6. The van der Waals surface area contributed by atoms with E-state index in [0.717, 1.165) is 21.3 Å². The summed E-state index contributed by atoms with van der Waals surface area (Å²) in [6, 6.07) is 3.48. The summed E-state index contributed by atoms with van der Waals surface area (Å²) in [5.74, 6) is -0.212. The van der Waals surface area contributed by atoms with Crippen molar-refractivity contribution in [1.82, 2.24) is 5.32 Å². The Kier molecular flexibility index (Phi) is 3.43. The van der Waals surface area contributed by atoms with E-state index in [1.165, 1.54) is 0 Å². The van der Waals surface area contributed by atoms with E-state index in [0.29, 0.717) is 0 Å². The minimum atomic E-state index is -0.482. The number of amides is 2. The molecule has 1 saturated heterocycles. The second kappa shape index (κ2) is 4.72. The number of rotatable bonds is 1. The lowest BCUT2D eigenvalue weighted by molar-refractivity contribution is -0.130. The van der Waals surface area contributed by atoms with Gasteiger partial charge >= 0.3 is 0 Å². The van der Waals surface area contributed by atoms with Crippen LogP contribution in [-0.4, -0.2) is 24.4 Å². The van der Waals surface area contributed by atoms with Crippen molar-refractivity contribution in [3.8, 4) is 0 Å². The molecule has 0 saturated carbocycles. The summed E-state index contributed by atoms with van der Waals surface area (Å²) < 4.78 is 0.843. The molecule has 18 heavy (non-hydrogen) atoms. The van der Waals surface area contributed by atoms with Crippen LogP contribution in [0.1, 0.15) is 18.1 Å². The molecule has 1 atom stereocenters. The van der Waals surface area contributed by atoms with E-state index in [1.807, 2.05) is 26.0 Å². The van der Waals surface area contributed by atoms with E-state index in [1.54, 1.807) is 11.8 Å². The van der Waals surface area contributed by atoms with Crippen molar-refractivity contribution in [3.63, 3.8) is 0 Å². The van der Waals surface area contributed by atoms with Crippen LogP contribution < -0.4 is 10.2 Å². The SMILES string of the molecule is Cc1cc(C)c(N2C(=O)CNC(=O)C2C)c(Br)c1. The molecular weight excluding hydrogens is 296 g/mol. The molecule has 1 aliphatic heterocycles. The van der Waals surface area contributed by atoms with Gasteiger partial charge in [-0.2, -0.15) is 0 Å². The van der Waals surface area contributed by atoms with Crippen molar-refractivity contribution in [3.05, 3.63) is 27.7 Å². The van der Waals surface area contributed by atoms with Crippen molar-refractivity contribution in [2.75, 3.05) is 11.4 Å². The first-order chi connectivity index (χ1) is 8.41. The molecule has 96 valence electrons. The Balaban J connectivity index is 2.53. The highest BCUT2D eigenvalue weighted by atomic mass is 79.9. The van der Waals surface area contributed by atoms with E-state index in [2.05, 4.69) is 21.2 Å². The summed E-state index contributed by atoms with van der Waals surface area (Å²) in [4.78, 5) is 25.3. The average molecular weight is 311 g/mol.